The largest absolute Gasteiger partial charge is 0.456 e. The molecule has 9 heteroatoms. The Labute approximate surface area is 180 Å². The summed E-state index contributed by atoms with van der Waals surface area (Å²) in [5, 5.41) is 5.20. The third kappa shape index (κ3) is 3.80. The van der Waals surface area contributed by atoms with Crippen LogP contribution in [0.2, 0.25) is 0 Å². The lowest BCUT2D eigenvalue weighted by Gasteiger charge is -2.32. The van der Waals surface area contributed by atoms with Gasteiger partial charge in [-0.05, 0) is 30.7 Å². The van der Waals surface area contributed by atoms with Crippen LogP contribution in [-0.2, 0) is 14.3 Å². The number of cyclic esters (lactones) is 1. The van der Waals surface area contributed by atoms with E-state index in [1.54, 1.807) is 6.07 Å². The maximum atomic E-state index is 14.0. The number of esters is 1. The van der Waals surface area contributed by atoms with Gasteiger partial charge in [0.2, 0.25) is 5.91 Å². The Bertz CT molecular complexity index is 1080. The van der Waals surface area contributed by atoms with Crippen LogP contribution >= 0.6 is 15.9 Å². The average molecular weight is 474 g/mol. The normalized spacial score (nSPS) is 18.1. The molecule has 2 N–H and O–H groups in total. The zero-order valence-electron chi connectivity index (χ0n) is 15.9. The van der Waals surface area contributed by atoms with Gasteiger partial charge in [-0.25, -0.2) is 14.0 Å². The van der Waals surface area contributed by atoms with Gasteiger partial charge in [0.15, 0.2) is 0 Å². The third-order valence-electron chi connectivity index (χ3n) is 4.92. The fraction of sp³-hybridized carbons (Fsp3) is 0.190. The molecule has 1 atom stereocenters. The molecule has 0 aromatic heterocycles. The number of nitrogens with one attached hydrogen (secondary N) is 2. The van der Waals surface area contributed by atoms with E-state index in [-0.39, 0.29) is 12.3 Å². The summed E-state index contributed by atoms with van der Waals surface area (Å²) in [7, 11) is 0. The van der Waals surface area contributed by atoms with Crippen LogP contribution in [0.4, 0.5) is 14.9 Å². The minimum absolute atomic E-state index is 0.00824. The van der Waals surface area contributed by atoms with Crippen LogP contribution in [-0.4, -0.2) is 36.0 Å². The summed E-state index contributed by atoms with van der Waals surface area (Å²) < 4.78 is 19.7. The van der Waals surface area contributed by atoms with Crippen LogP contribution in [0.1, 0.15) is 17.2 Å². The predicted molar refractivity (Wildman–Crippen MR) is 110 cm³/mol. The number of benzene rings is 2. The lowest BCUT2D eigenvalue weighted by Crippen LogP contribution is -2.49. The van der Waals surface area contributed by atoms with Crippen molar-refractivity contribution >= 4 is 39.5 Å². The fourth-order valence-corrected chi connectivity index (χ4v) is 3.74. The number of carbonyl (C=O) groups excluding carboxylic acids is 3. The van der Waals surface area contributed by atoms with Crippen LogP contribution in [0, 0.1) is 12.7 Å². The summed E-state index contributed by atoms with van der Waals surface area (Å²) in [5.74, 6) is -1.76. The van der Waals surface area contributed by atoms with Gasteiger partial charge >= 0.3 is 12.0 Å². The standard InChI is InChI=1S/C21H17BrFN3O4/c1-11-2-4-12(5-3-11)19-18-16(10-30-20(18)28)26(21(29)25-19)9-17(27)24-15-7-6-13(22)8-14(15)23/h2-8,19H,9-10H2,1H3,(H,24,27)(H,25,29)/t19-/m1/s1. The van der Waals surface area contributed by atoms with Crippen molar-refractivity contribution in [3.8, 4) is 0 Å². The molecule has 4 rings (SSSR count). The molecule has 0 aliphatic carbocycles. The summed E-state index contributed by atoms with van der Waals surface area (Å²) in [6.07, 6.45) is 0. The van der Waals surface area contributed by atoms with E-state index in [9.17, 15) is 18.8 Å². The molecule has 2 aromatic carbocycles. The van der Waals surface area contributed by atoms with E-state index in [2.05, 4.69) is 26.6 Å². The van der Waals surface area contributed by atoms with Crippen molar-refractivity contribution in [2.24, 2.45) is 0 Å². The molecule has 0 bridgehead atoms. The number of carbonyl (C=O) groups is 3. The number of hydrogen-bond acceptors (Lipinski definition) is 4. The second-order valence-electron chi connectivity index (χ2n) is 6.99. The molecule has 7 nitrogen and oxygen atoms in total. The van der Waals surface area contributed by atoms with E-state index in [0.29, 0.717) is 15.7 Å². The Morgan fingerprint density at radius 2 is 2.00 bits per heavy atom. The van der Waals surface area contributed by atoms with E-state index in [4.69, 9.17) is 4.74 Å². The molecule has 0 radical (unpaired) electrons. The quantitative estimate of drug-likeness (QED) is 0.666. The molecular formula is C21H17BrFN3O4. The highest BCUT2D eigenvalue weighted by molar-refractivity contribution is 9.10. The first kappa shape index (κ1) is 20.1. The maximum absolute atomic E-state index is 14.0. The van der Waals surface area contributed by atoms with Gasteiger partial charge in [-0.2, -0.15) is 0 Å². The van der Waals surface area contributed by atoms with Crippen molar-refractivity contribution in [2.45, 2.75) is 13.0 Å². The van der Waals surface area contributed by atoms with Gasteiger partial charge in [-0.15, -0.1) is 0 Å². The molecule has 154 valence electrons. The Balaban J connectivity index is 1.59. The first-order valence-corrected chi connectivity index (χ1v) is 9.92. The van der Waals surface area contributed by atoms with E-state index >= 15 is 0 Å². The van der Waals surface area contributed by atoms with Crippen molar-refractivity contribution in [1.82, 2.24) is 10.2 Å². The smallest absolute Gasteiger partial charge is 0.338 e. The zero-order valence-corrected chi connectivity index (χ0v) is 17.5. The molecular weight excluding hydrogens is 457 g/mol. The monoisotopic (exact) mass is 473 g/mol. The van der Waals surface area contributed by atoms with E-state index in [1.165, 1.54) is 12.1 Å². The highest BCUT2D eigenvalue weighted by Crippen LogP contribution is 2.35. The van der Waals surface area contributed by atoms with Gasteiger partial charge in [-0.3, -0.25) is 9.69 Å². The number of hydrogen-bond donors (Lipinski definition) is 2. The average Bonchev–Trinajstić information content (AvgIpc) is 3.08. The summed E-state index contributed by atoms with van der Waals surface area (Å²) in [6.45, 7) is 1.44. The summed E-state index contributed by atoms with van der Waals surface area (Å²) in [6, 6.07) is 10.4. The van der Waals surface area contributed by atoms with Gasteiger partial charge in [0, 0.05) is 4.47 Å². The number of anilines is 1. The Kier molecular flexibility index (Phi) is 5.29. The first-order chi connectivity index (χ1) is 14.3. The molecule has 2 aromatic rings. The number of urea groups is 1. The lowest BCUT2D eigenvalue weighted by molar-refractivity contribution is -0.136. The van der Waals surface area contributed by atoms with Gasteiger partial charge in [0.1, 0.15) is 19.0 Å². The molecule has 3 amide bonds. The van der Waals surface area contributed by atoms with Gasteiger partial charge in [-0.1, -0.05) is 45.8 Å². The molecule has 0 spiro atoms. The van der Waals surface area contributed by atoms with Crippen LogP contribution in [0.3, 0.4) is 0 Å². The minimum Gasteiger partial charge on any atom is -0.456 e. The SMILES string of the molecule is Cc1ccc([C@H]2NC(=O)N(CC(=O)Nc3ccc(Br)cc3F)C3=C2C(=O)OC3)cc1. The van der Waals surface area contributed by atoms with E-state index in [1.807, 2.05) is 31.2 Å². The molecule has 2 aliphatic heterocycles. The van der Waals surface area contributed by atoms with Crippen LogP contribution < -0.4 is 10.6 Å². The van der Waals surface area contributed by atoms with E-state index < -0.39 is 36.3 Å². The van der Waals surface area contributed by atoms with Crippen LogP contribution in [0.15, 0.2) is 58.2 Å². The summed E-state index contributed by atoms with van der Waals surface area (Å²) >= 11 is 3.15. The minimum atomic E-state index is -0.661. The first-order valence-electron chi connectivity index (χ1n) is 9.13. The van der Waals surface area contributed by atoms with Crippen molar-refractivity contribution in [3.05, 3.63) is 75.2 Å². The zero-order chi connectivity index (χ0) is 21.4. The molecule has 0 saturated heterocycles. The van der Waals surface area contributed by atoms with Crippen molar-refractivity contribution < 1.29 is 23.5 Å². The van der Waals surface area contributed by atoms with Crippen molar-refractivity contribution in [1.29, 1.82) is 0 Å². The maximum Gasteiger partial charge on any atom is 0.338 e. The molecule has 2 aliphatic rings. The number of halogens is 2. The second-order valence-corrected chi connectivity index (χ2v) is 7.90. The van der Waals surface area contributed by atoms with Gasteiger partial charge < -0.3 is 15.4 Å². The highest BCUT2D eigenvalue weighted by Gasteiger charge is 2.42. The van der Waals surface area contributed by atoms with E-state index in [0.717, 1.165) is 16.0 Å². The van der Waals surface area contributed by atoms with Gasteiger partial charge in [0.05, 0.1) is 23.0 Å². The third-order valence-corrected chi connectivity index (χ3v) is 5.41. The topological polar surface area (TPSA) is 87.7 Å². The lowest BCUT2D eigenvalue weighted by atomic mass is 9.95. The number of amides is 3. The van der Waals surface area contributed by atoms with Crippen LogP contribution in [0.25, 0.3) is 0 Å². The van der Waals surface area contributed by atoms with Crippen molar-refractivity contribution in [2.75, 3.05) is 18.5 Å². The van der Waals surface area contributed by atoms with Crippen LogP contribution in [0.5, 0.6) is 0 Å². The molecule has 0 fully saturated rings. The Hall–Kier alpha value is -3.20. The predicted octanol–water partition coefficient (Wildman–Crippen LogP) is 3.41. The molecule has 0 unspecified atom stereocenters. The molecule has 2 heterocycles. The fourth-order valence-electron chi connectivity index (χ4n) is 3.41. The number of rotatable bonds is 4. The second kappa shape index (κ2) is 7.91. The summed E-state index contributed by atoms with van der Waals surface area (Å²) in [5.41, 5.74) is 2.40. The van der Waals surface area contributed by atoms with Gasteiger partial charge in [0.25, 0.3) is 0 Å². The number of aryl methyl sites for hydroxylation is 1. The summed E-state index contributed by atoms with van der Waals surface area (Å²) in [4.78, 5) is 38.7. The molecule has 30 heavy (non-hydrogen) atoms. The van der Waals surface area contributed by atoms with Crippen molar-refractivity contribution in [3.63, 3.8) is 0 Å². The number of ether oxygens (including phenoxy) is 1. The highest BCUT2D eigenvalue weighted by atomic mass is 79.9. The molecule has 0 saturated carbocycles. The number of nitrogens with zero attached hydrogens (tertiary/aromatic N) is 1. The Morgan fingerprint density at radius 1 is 1.27 bits per heavy atom. The Morgan fingerprint density at radius 3 is 2.70 bits per heavy atom.